The molecule has 0 aliphatic heterocycles. The molecule has 0 N–H and O–H groups in total. The van der Waals surface area contributed by atoms with Gasteiger partial charge in [0.05, 0.1) is 0 Å². The molecule has 0 saturated carbocycles. The first-order valence-corrected chi connectivity index (χ1v) is 9.85. The summed E-state index contributed by atoms with van der Waals surface area (Å²) < 4.78 is 5.08. The molecule has 0 saturated heterocycles. The second-order valence-corrected chi connectivity index (χ2v) is 6.81. The number of rotatable bonds is 15. The first-order valence-electron chi connectivity index (χ1n) is 8.73. The van der Waals surface area contributed by atoms with E-state index in [1.807, 2.05) is 6.92 Å². The summed E-state index contributed by atoms with van der Waals surface area (Å²) in [6, 6.07) is 0.949. The van der Waals surface area contributed by atoms with Crippen LogP contribution in [0.15, 0.2) is 0 Å². The average Bonchev–Trinajstić information content (AvgIpc) is 2.46. The van der Waals surface area contributed by atoms with Crippen molar-refractivity contribution in [2.75, 3.05) is 0 Å². The molecule has 2 radical (unpaired) electrons. The maximum Gasteiger partial charge on any atom is 0.314 e. The highest BCUT2D eigenvalue weighted by atomic mass is 28.2. The highest BCUT2D eigenvalue weighted by molar-refractivity contribution is 6.30. The molecule has 0 fully saturated rings. The highest BCUT2D eigenvalue weighted by Gasteiger charge is 2.02. The average molecular weight is 299 g/mol. The summed E-state index contributed by atoms with van der Waals surface area (Å²) >= 11 is 0. The fourth-order valence-corrected chi connectivity index (χ4v) is 2.72. The lowest BCUT2D eigenvalue weighted by molar-refractivity contribution is -0.134. The van der Waals surface area contributed by atoms with Crippen LogP contribution >= 0.6 is 0 Å². The summed E-state index contributed by atoms with van der Waals surface area (Å²) in [5.41, 5.74) is 0. The Morgan fingerprint density at radius 3 is 1.65 bits per heavy atom. The largest absolute Gasteiger partial charge is 0.516 e. The van der Waals surface area contributed by atoms with Crippen LogP contribution < -0.4 is 0 Å². The van der Waals surface area contributed by atoms with E-state index in [-0.39, 0.29) is 5.97 Å². The molecule has 0 aromatic heterocycles. The topological polar surface area (TPSA) is 26.3 Å². The molecule has 0 aromatic carbocycles. The fraction of sp³-hybridized carbons (Fsp3) is 0.941. The van der Waals surface area contributed by atoms with Crippen LogP contribution in [0.2, 0.25) is 6.04 Å². The van der Waals surface area contributed by atoms with Crippen LogP contribution in [0, 0.1) is 0 Å². The molecule has 20 heavy (non-hydrogen) atoms. The van der Waals surface area contributed by atoms with Gasteiger partial charge in [-0.15, -0.1) is 0 Å². The molecule has 3 heteroatoms. The van der Waals surface area contributed by atoms with Gasteiger partial charge >= 0.3 is 9.76 Å². The van der Waals surface area contributed by atoms with Gasteiger partial charge in [-0.1, -0.05) is 84.5 Å². The zero-order valence-corrected chi connectivity index (χ0v) is 14.7. The molecule has 118 valence electrons. The first kappa shape index (κ1) is 19.7. The number of hydrogen-bond acceptors (Lipinski definition) is 2. The van der Waals surface area contributed by atoms with Crippen molar-refractivity contribution in [3.63, 3.8) is 0 Å². The molecule has 2 nitrogen and oxygen atoms in total. The van der Waals surface area contributed by atoms with Crippen molar-refractivity contribution in [3.8, 4) is 0 Å². The zero-order valence-electron chi connectivity index (χ0n) is 13.7. The molecule has 0 spiro atoms. The summed E-state index contributed by atoms with van der Waals surface area (Å²) in [5, 5.41) is 0. The number of hydrogen-bond donors (Lipinski definition) is 0. The third-order valence-electron chi connectivity index (χ3n) is 3.56. The Kier molecular flexibility index (Phi) is 16.5. The van der Waals surface area contributed by atoms with E-state index < -0.39 is 0 Å². The van der Waals surface area contributed by atoms with E-state index in [0.29, 0.717) is 16.2 Å². The van der Waals surface area contributed by atoms with Gasteiger partial charge in [-0.3, -0.25) is 4.79 Å². The zero-order chi connectivity index (χ0) is 14.9. The van der Waals surface area contributed by atoms with Crippen molar-refractivity contribution in [2.24, 2.45) is 0 Å². The number of carbonyl (C=O) groups is 1. The Hall–Kier alpha value is -0.313. The van der Waals surface area contributed by atoms with Crippen molar-refractivity contribution >= 4 is 15.7 Å². The van der Waals surface area contributed by atoms with E-state index in [4.69, 9.17) is 4.43 Å². The molecule has 0 unspecified atom stereocenters. The van der Waals surface area contributed by atoms with Crippen molar-refractivity contribution in [2.45, 2.75) is 103 Å². The van der Waals surface area contributed by atoms with Crippen LogP contribution in [0.25, 0.3) is 0 Å². The third kappa shape index (κ3) is 15.7. The van der Waals surface area contributed by atoms with Gasteiger partial charge in [-0.25, -0.2) is 0 Å². The Morgan fingerprint density at radius 2 is 1.20 bits per heavy atom. The van der Waals surface area contributed by atoms with Gasteiger partial charge in [0.15, 0.2) is 0 Å². The van der Waals surface area contributed by atoms with Crippen LogP contribution in [0.1, 0.15) is 97.3 Å². The van der Waals surface area contributed by atoms with E-state index in [2.05, 4.69) is 6.92 Å². The van der Waals surface area contributed by atoms with Gasteiger partial charge < -0.3 is 4.43 Å². The van der Waals surface area contributed by atoms with Crippen LogP contribution in [0.4, 0.5) is 0 Å². The van der Waals surface area contributed by atoms with Gasteiger partial charge in [-0.05, 0) is 12.5 Å². The van der Waals surface area contributed by atoms with Crippen LogP contribution in [-0.4, -0.2) is 15.7 Å². The Morgan fingerprint density at radius 1 is 0.750 bits per heavy atom. The third-order valence-corrected chi connectivity index (χ3v) is 4.23. The van der Waals surface area contributed by atoms with Gasteiger partial charge in [0, 0.05) is 6.42 Å². The van der Waals surface area contributed by atoms with E-state index >= 15 is 0 Å². The van der Waals surface area contributed by atoms with Crippen LogP contribution in [-0.2, 0) is 9.22 Å². The van der Waals surface area contributed by atoms with Crippen LogP contribution in [0.3, 0.4) is 0 Å². The summed E-state index contributed by atoms with van der Waals surface area (Å²) in [6.07, 6.45) is 16.6. The second kappa shape index (κ2) is 16.7. The predicted molar refractivity (Wildman–Crippen MR) is 88.0 cm³/mol. The summed E-state index contributed by atoms with van der Waals surface area (Å²) in [6.45, 7) is 4.30. The molecule has 0 bridgehead atoms. The Labute approximate surface area is 129 Å². The minimum absolute atomic E-state index is 0.00253. The van der Waals surface area contributed by atoms with Crippen LogP contribution in [0.5, 0.6) is 0 Å². The molecular formula is C17H34O2Si. The minimum atomic E-state index is -0.00253. The predicted octanol–water partition coefficient (Wildman–Crippen LogP) is 5.68. The monoisotopic (exact) mass is 298 g/mol. The first-order chi connectivity index (χ1) is 9.81. The van der Waals surface area contributed by atoms with Gasteiger partial charge in [0.2, 0.25) is 0 Å². The summed E-state index contributed by atoms with van der Waals surface area (Å²) in [5.74, 6) is -0.00253. The standard InChI is InChI=1S/C17H34O2Si/c1-3-5-6-7-8-9-10-11-12-13-14-15-16-17(18)19-20-4-2/h3-16H2,1-2H3. The SMILES string of the molecule is CCCCCCCCCCCCCCC(=O)O[Si]CC. The molecule has 0 heterocycles. The van der Waals surface area contributed by atoms with Crippen molar-refractivity contribution < 1.29 is 9.22 Å². The van der Waals surface area contributed by atoms with E-state index in [9.17, 15) is 4.79 Å². The molecule has 0 aliphatic rings. The molecule has 0 aliphatic carbocycles. The van der Waals surface area contributed by atoms with Crippen molar-refractivity contribution in [1.82, 2.24) is 0 Å². The van der Waals surface area contributed by atoms with Crippen molar-refractivity contribution in [1.29, 1.82) is 0 Å². The quantitative estimate of drug-likeness (QED) is 0.287. The molecule has 0 aromatic rings. The molecule has 0 atom stereocenters. The molecule has 0 amide bonds. The second-order valence-electron chi connectivity index (χ2n) is 5.61. The number of carbonyl (C=O) groups excluding carboxylic acids is 1. The minimum Gasteiger partial charge on any atom is -0.516 e. The maximum absolute atomic E-state index is 11.3. The maximum atomic E-state index is 11.3. The fourth-order valence-electron chi connectivity index (χ4n) is 2.31. The van der Waals surface area contributed by atoms with Gasteiger partial charge in [0.25, 0.3) is 5.97 Å². The van der Waals surface area contributed by atoms with Crippen molar-refractivity contribution in [3.05, 3.63) is 0 Å². The molecular weight excluding hydrogens is 264 g/mol. The summed E-state index contributed by atoms with van der Waals surface area (Å²) in [4.78, 5) is 11.3. The highest BCUT2D eigenvalue weighted by Crippen LogP contribution is 2.12. The van der Waals surface area contributed by atoms with Gasteiger partial charge in [-0.2, -0.15) is 0 Å². The van der Waals surface area contributed by atoms with E-state index in [1.54, 1.807) is 0 Å². The Balaban J connectivity index is 3.04. The van der Waals surface area contributed by atoms with Gasteiger partial charge in [0.1, 0.15) is 0 Å². The molecule has 0 rings (SSSR count). The smallest absolute Gasteiger partial charge is 0.314 e. The Bertz CT molecular complexity index is 207. The van der Waals surface area contributed by atoms with E-state index in [0.717, 1.165) is 12.5 Å². The normalized spacial score (nSPS) is 10.7. The summed E-state index contributed by atoms with van der Waals surface area (Å²) in [7, 11) is 0.357. The van der Waals surface area contributed by atoms with E-state index in [1.165, 1.54) is 70.6 Å². The number of unbranched alkanes of at least 4 members (excludes halogenated alkanes) is 11. The lowest BCUT2D eigenvalue weighted by Gasteiger charge is -2.03. The lowest BCUT2D eigenvalue weighted by Crippen LogP contribution is -2.07. The lowest BCUT2D eigenvalue weighted by atomic mass is 10.0.